The largest absolute Gasteiger partial charge is 0.312 e. The van der Waals surface area contributed by atoms with Gasteiger partial charge in [-0.2, -0.15) is 13.1 Å². The molecule has 0 atom stereocenters. The van der Waals surface area contributed by atoms with E-state index in [1.165, 1.54) is 0 Å². The second kappa shape index (κ2) is 6.88. The van der Waals surface area contributed by atoms with E-state index >= 15 is 0 Å². The molecule has 0 radical (unpaired) electrons. The van der Waals surface area contributed by atoms with Crippen molar-refractivity contribution < 1.29 is 8.42 Å². The number of nitrogens with one attached hydrogen (secondary N) is 3. The van der Waals surface area contributed by atoms with Gasteiger partial charge < -0.3 is 5.32 Å². The van der Waals surface area contributed by atoms with Gasteiger partial charge in [0.15, 0.2) is 0 Å². The number of rotatable bonds is 7. The number of para-hydroxylation sites is 1. The number of hydrogen-bond acceptors (Lipinski definition) is 3. The minimum Gasteiger partial charge on any atom is -0.312 e. The summed E-state index contributed by atoms with van der Waals surface area (Å²) in [4.78, 5) is 0. The highest BCUT2D eigenvalue weighted by Gasteiger charge is 2.10. The zero-order chi connectivity index (χ0) is 14.4. The van der Waals surface area contributed by atoms with Gasteiger partial charge in [-0.25, -0.2) is 0 Å². The SMILES string of the molecule is CC(C)(C)NCCCNS(=O)(=O)Nc1ccccc1. The minimum absolute atomic E-state index is 0.0567. The van der Waals surface area contributed by atoms with E-state index in [0.29, 0.717) is 12.2 Å². The van der Waals surface area contributed by atoms with E-state index in [0.717, 1.165) is 13.0 Å². The first-order chi connectivity index (χ1) is 8.79. The first kappa shape index (κ1) is 15.9. The van der Waals surface area contributed by atoms with E-state index in [1.807, 2.05) is 6.07 Å². The fourth-order valence-electron chi connectivity index (χ4n) is 1.46. The van der Waals surface area contributed by atoms with E-state index in [1.54, 1.807) is 24.3 Å². The average molecular weight is 285 g/mol. The molecular weight excluding hydrogens is 262 g/mol. The van der Waals surface area contributed by atoms with Crippen molar-refractivity contribution in [2.45, 2.75) is 32.7 Å². The van der Waals surface area contributed by atoms with Crippen molar-refractivity contribution in [3.8, 4) is 0 Å². The molecule has 0 saturated carbocycles. The van der Waals surface area contributed by atoms with Crippen LogP contribution in [-0.2, 0) is 10.2 Å². The fraction of sp³-hybridized carbons (Fsp3) is 0.538. The maximum absolute atomic E-state index is 11.7. The summed E-state index contributed by atoms with van der Waals surface area (Å²) in [5.41, 5.74) is 0.615. The van der Waals surface area contributed by atoms with E-state index < -0.39 is 10.2 Å². The Morgan fingerprint density at radius 2 is 1.68 bits per heavy atom. The van der Waals surface area contributed by atoms with E-state index in [2.05, 4.69) is 35.5 Å². The zero-order valence-corrected chi connectivity index (χ0v) is 12.5. The number of hydrogen-bond donors (Lipinski definition) is 3. The summed E-state index contributed by atoms with van der Waals surface area (Å²) in [6.45, 7) is 7.42. The van der Waals surface area contributed by atoms with Crippen LogP contribution < -0.4 is 14.8 Å². The molecule has 3 N–H and O–H groups in total. The van der Waals surface area contributed by atoms with Gasteiger partial charge >= 0.3 is 0 Å². The topological polar surface area (TPSA) is 70.2 Å². The third-order valence-electron chi connectivity index (χ3n) is 2.33. The predicted octanol–water partition coefficient (Wildman–Crippen LogP) is 1.71. The van der Waals surface area contributed by atoms with Crippen molar-refractivity contribution in [1.82, 2.24) is 10.0 Å². The van der Waals surface area contributed by atoms with Crippen LogP contribution in [0, 0.1) is 0 Å². The molecule has 0 aliphatic carbocycles. The van der Waals surface area contributed by atoms with Crippen LogP contribution in [-0.4, -0.2) is 27.0 Å². The molecule has 0 bridgehead atoms. The maximum Gasteiger partial charge on any atom is 0.299 e. The van der Waals surface area contributed by atoms with Crippen molar-refractivity contribution in [2.75, 3.05) is 17.8 Å². The smallest absolute Gasteiger partial charge is 0.299 e. The Kier molecular flexibility index (Phi) is 5.78. The first-order valence-corrected chi connectivity index (χ1v) is 7.84. The molecule has 5 nitrogen and oxygen atoms in total. The monoisotopic (exact) mass is 285 g/mol. The molecule has 0 aliphatic heterocycles. The van der Waals surface area contributed by atoms with E-state index in [9.17, 15) is 8.42 Å². The molecule has 0 unspecified atom stereocenters. The summed E-state index contributed by atoms with van der Waals surface area (Å²) in [6, 6.07) is 8.82. The third kappa shape index (κ3) is 7.81. The van der Waals surface area contributed by atoms with Gasteiger partial charge in [0.05, 0.1) is 0 Å². The molecule has 0 amide bonds. The molecule has 1 aromatic carbocycles. The molecule has 0 spiro atoms. The van der Waals surface area contributed by atoms with Gasteiger partial charge in [0.25, 0.3) is 10.2 Å². The van der Waals surface area contributed by atoms with Crippen LogP contribution in [0.15, 0.2) is 30.3 Å². The lowest BCUT2D eigenvalue weighted by Gasteiger charge is -2.20. The molecule has 108 valence electrons. The Morgan fingerprint density at radius 1 is 1.05 bits per heavy atom. The Bertz CT molecular complexity index is 466. The lowest BCUT2D eigenvalue weighted by atomic mass is 10.1. The lowest BCUT2D eigenvalue weighted by Crippen LogP contribution is -2.38. The highest BCUT2D eigenvalue weighted by molar-refractivity contribution is 7.90. The molecule has 0 aromatic heterocycles. The van der Waals surface area contributed by atoms with Gasteiger partial charge in [0, 0.05) is 17.8 Å². The van der Waals surface area contributed by atoms with E-state index in [-0.39, 0.29) is 5.54 Å². The van der Waals surface area contributed by atoms with Gasteiger partial charge in [0.2, 0.25) is 0 Å². The van der Waals surface area contributed by atoms with Gasteiger partial charge in [0.1, 0.15) is 0 Å². The summed E-state index contributed by atoms with van der Waals surface area (Å²) in [5.74, 6) is 0. The van der Waals surface area contributed by atoms with E-state index in [4.69, 9.17) is 0 Å². The van der Waals surface area contributed by atoms with Crippen molar-refractivity contribution in [3.05, 3.63) is 30.3 Å². The predicted molar refractivity (Wildman–Crippen MR) is 79.4 cm³/mol. The molecule has 0 heterocycles. The number of anilines is 1. The average Bonchev–Trinajstić information content (AvgIpc) is 2.27. The Balaban J connectivity index is 2.28. The van der Waals surface area contributed by atoms with Crippen molar-refractivity contribution in [2.24, 2.45) is 0 Å². The van der Waals surface area contributed by atoms with Crippen molar-refractivity contribution in [1.29, 1.82) is 0 Å². The van der Waals surface area contributed by atoms with Crippen LogP contribution in [0.25, 0.3) is 0 Å². The molecule has 1 rings (SSSR count). The fourth-order valence-corrected chi connectivity index (χ4v) is 2.39. The molecule has 0 aliphatic rings. The van der Waals surface area contributed by atoms with Crippen LogP contribution in [0.3, 0.4) is 0 Å². The third-order valence-corrected chi connectivity index (χ3v) is 3.42. The molecule has 1 aromatic rings. The standard InChI is InChI=1S/C13H23N3O2S/c1-13(2,3)14-10-7-11-15-19(17,18)16-12-8-5-4-6-9-12/h4-6,8-9,14-16H,7,10-11H2,1-3H3. The summed E-state index contributed by atoms with van der Waals surface area (Å²) >= 11 is 0. The van der Waals surface area contributed by atoms with Gasteiger partial charge in [-0.15, -0.1) is 0 Å². The van der Waals surface area contributed by atoms with Gasteiger partial charge in [-0.1, -0.05) is 18.2 Å². The lowest BCUT2D eigenvalue weighted by molar-refractivity contribution is 0.422. The van der Waals surface area contributed by atoms with Crippen molar-refractivity contribution in [3.63, 3.8) is 0 Å². The van der Waals surface area contributed by atoms with Crippen LogP contribution in [0.5, 0.6) is 0 Å². The van der Waals surface area contributed by atoms with Crippen LogP contribution >= 0.6 is 0 Å². The highest BCUT2D eigenvalue weighted by Crippen LogP contribution is 2.06. The number of benzene rings is 1. The Morgan fingerprint density at radius 3 is 2.26 bits per heavy atom. The quantitative estimate of drug-likeness (QED) is 0.668. The summed E-state index contributed by atoms with van der Waals surface area (Å²) in [7, 11) is -3.48. The Hall–Kier alpha value is -1.11. The molecular formula is C13H23N3O2S. The zero-order valence-electron chi connectivity index (χ0n) is 11.7. The molecule has 6 heteroatoms. The summed E-state index contributed by atoms with van der Waals surface area (Å²) in [5, 5.41) is 3.30. The summed E-state index contributed by atoms with van der Waals surface area (Å²) in [6.07, 6.45) is 0.743. The van der Waals surface area contributed by atoms with Gasteiger partial charge in [-0.05, 0) is 45.9 Å². The normalized spacial score (nSPS) is 12.4. The Labute approximate surface area is 116 Å². The van der Waals surface area contributed by atoms with Crippen LogP contribution in [0.1, 0.15) is 27.2 Å². The van der Waals surface area contributed by atoms with Gasteiger partial charge in [-0.3, -0.25) is 4.72 Å². The van der Waals surface area contributed by atoms with Crippen LogP contribution in [0.2, 0.25) is 0 Å². The maximum atomic E-state index is 11.7. The second-order valence-electron chi connectivity index (χ2n) is 5.40. The van der Waals surface area contributed by atoms with Crippen molar-refractivity contribution >= 4 is 15.9 Å². The highest BCUT2D eigenvalue weighted by atomic mass is 32.2. The minimum atomic E-state index is -3.48. The molecule has 0 saturated heterocycles. The summed E-state index contributed by atoms with van der Waals surface area (Å²) < 4.78 is 28.4. The second-order valence-corrected chi connectivity index (χ2v) is 6.90. The first-order valence-electron chi connectivity index (χ1n) is 6.36. The molecule has 19 heavy (non-hydrogen) atoms. The van der Waals surface area contributed by atoms with Crippen LogP contribution in [0.4, 0.5) is 5.69 Å². The molecule has 0 fully saturated rings.